The van der Waals surface area contributed by atoms with Gasteiger partial charge in [0.1, 0.15) is 11.3 Å². The van der Waals surface area contributed by atoms with Crippen LogP contribution in [0.15, 0.2) is 48.5 Å². The second-order valence-electron chi connectivity index (χ2n) is 8.35. The predicted octanol–water partition coefficient (Wildman–Crippen LogP) is 1.16. The van der Waals surface area contributed by atoms with Crippen LogP contribution in [-0.2, 0) is 9.59 Å². The third-order valence-electron chi connectivity index (χ3n) is 6.05. The summed E-state index contributed by atoms with van der Waals surface area (Å²) in [6.45, 7) is 7.37. The number of carbonyl (C=O) groups is 2. The minimum absolute atomic E-state index is 0.0250. The molecule has 0 aromatic heterocycles. The maximum absolute atomic E-state index is 13.3. The van der Waals surface area contributed by atoms with E-state index >= 15 is 0 Å². The Balaban J connectivity index is 1.46. The minimum atomic E-state index is -0.926. The van der Waals surface area contributed by atoms with Crippen LogP contribution >= 0.6 is 0 Å². The first kappa shape index (κ1) is 20.2. The summed E-state index contributed by atoms with van der Waals surface area (Å²) in [4.78, 5) is 31.1. The molecule has 2 aliphatic heterocycles. The van der Waals surface area contributed by atoms with Crippen molar-refractivity contribution >= 4 is 28.9 Å². The Morgan fingerprint density at radius 3 is 2.40 bits per heavy atom. The highest BCUT2D eigenvalue weighted by molar-refractivity contribution is 6.14. The first-order valence-corrected chi connectivity index (χ1v) is 10.4. The lowest BCUT2D eigenvalue weighted by Crippen LogP contribution is -3.16. The molecule has 1 fully saturated rings. The molecule has 2 heterocycles. The molecule has 2 amide bonds. The second-order valence-corrected chi connectivity index (χ2v) is 8.35. The number of benzene rings is 2. The molecule has 2 N–H and O–H groups in total. The molecule has 30 heavy (non-hydrogen) atoms. The molecule has 0 saturated carbocycles. The van der Waals surface area contributed by atoms with Crippen molar-refractivity contribution in [3.05, 3.63) is 48.5 Å². The largest absolute Gasteiger partial charge is 0.495 e. The topological polar surface area (TPSA) is 66.3 Å². The van der Waals surface area contributed by atoms with E-state index in [1.54, 1.807) is 25.9 Å². The van der Waals surface area contributed by atoms with Crippen LogP contribution in [0.2, 0.25) is 0 Å². The number of fused-ring (bicyclic) bond motifs is 1. The van der Waals surface area contributed by atoms with E-state index in [1.165, 1.54) is 4.90 Å². The van der Waals surface area contributed by atoms with Gasteiger partial charge in [0.2, 0.25) is 5.91 Å². The number of hydrogen-bond donors (Lipinski definition) is 2. The summed E-state index contributed by atoms with van der Waals surface area (Å²) in [7, 11) is 1.69. The van der Waals surface area contributed by atoms with E-state index in [1.807, 2.05) is 42.5 Å². The van der Waals surface area contributed by atoms with Crippen molar-refractivity contribution in [1.29, 1.82) is 0 Å². The van der Waals surface area contributed by atoms with Crippen molar-refractivity contribution in [2.45, 2.75) is 19.4 Å². The van der Waals surface area contributed by atoms with Gasteiger partial charge >= 0.3 is 0 Å². The summed E-state index contributed by atoms with van der Waals surface area (Å²) in [5.74, 6) is 0.684. The minimum Gasteiger partial charge on any atom is -0.495 e. The molecular weight excluding hydrogens is 380 g/mol. The average molecular weight is 410 g/mol. The fraction of sp³-hybridized carbons (Fsp3) is 0.391. The molecule has 2 aromatic rings. The highest BCUT2D eigenvalue weighted by Crippen LogP contribution is 2.36. The zero-order chi connectivity index (χ0) is 21.3. The Morgan fingerprint density at radius 1 is 1.07 bits per heavy atom. The van der Waals surface area contributed by atoms with E-state index in [9.17, 15) is 9.59 Å². The number of carbonyl (C=O) groups excluding carboxylic acids is 2. The molecule has 2 aromatic carbocycles. The van der Waals surface area contributed by atoms with Gasteiger partial charge in [0.05, 0.1) is 50.4 Å². The fourth-order valence-corrected chi connectivity index (χ4v) is 4.32. The fourth-order valence-electron chi connectivity index (χ4n) is 4.32. The zero-order valence-corrected chi connectivity index (χ0v) is 17.8. The molecule has 0 aliphatic carbocycles. The van der Waals surface area contributed by atoms with Crippen LogP contribution < -0.4 is 24.8 Å². The Morgan fingerprint density at radius 2 is 1.70 bits per heavy atom. The van der Waals surface area contributed by atoms with E-state index in [0.29, 0.717) is 12.2 Å². The van der Waals surface area contributed by atoms with Gasteiger partial charge in [-0.2, -0.15) is 0 Å². The number of hydrogen-bond acceptors (Lipinski definition) is 4. The van der Waals surface area contributed by atoms with Gasteiger partial charge in [-0.15, -0.1) is 0 Å². The van der Waals surface area contributed by atoms with Crippen LogP contribution in [0.4, 0.5) is 17.1 Å². The van der Waals surface area contributed by atoms with Crippen LogP contribution in [0.5, 0.6) is 5.75 Å². The number of anilines is 3. The number of amides is 2. The summed E-state index contributed by atoms with van der Waals surface area (Å²) in [6, 6.07) is 15.5. The van der Waals surface area contributed by atoms with Gasteiger partial charge in [-0.25, -0.2) is 0 Å². The first-order valence-electron chi connectivity index (χ1n) is 10.4. The van der Waals surface area contributed by atoms with E-state index in [0.717, 1.165) is 43.3 Å². The zero-order valence-electron chi connectivity index (χ0n) is 17.8. The highest BCUT2D eigenvalue weighted by atomic mass is 16.5. The number of quaternary nitrogens is 1. The van der Waals surface area contributed by atoms with E-state index in [2.05, 4.69) is 16.3 Å². The van der Waals surface area contributed by atoms with Crippen LogP contribution in [0.3, 0.4) is 0 Å². The number of para-hydroxylation sites is 4. The molecule has 0 spiro atoms. The number of nitrogens with one attached hydrogen (secondary N) is 2. The number of nitrogens with zero attached hydrogens (tertiary/aromatic N) is 2. The number of piperazine rings is 1. The molecule has 158 valence electrons. The maximum Gasteiger partial charge on any atom is 0.283 e. The van der Waals surface area contributed by atoms with Gasteiger partial charge in [-0.05, 0) is 38.1 Å². The van der Waals surface area contributed by atoms with Crippen LogP contribution in [0.1, 0.15) is 13.8 Å². The summed E-state index contributed by atoms with van der Waals surface area (Å²) >= 11 is 0. The molecule has 1 saturated heterocycles. The lowest BCUT2D eigenvalue weighted by molar-refractivity contribution is -0.892. The summed E-state index contributed by atoms with van der Waals surface area (Å²) < 4.78 is 5.49. The lowest BCUT2D eigenvalue weighted by atomic mass is 9.96. The van der Waals surface area contributed by atoms with E-state index in [-0.39, 0.29) is 11.8 Å². The van der Waals surface area contributed by atoms with Gasteiger partial charge in [0, 0.05) is 0 Å². The van der Waals surface area contributed by atoms with Crippen molar-refractivity contribution in [1.82, 2.24) is 0 Å². The van der Waals surface area contributed by atoms with Crippen LogP contribution in [0.25, 0.3) is 0 Å². The standard InChI is InChI=1S/C23H28N4O3/c1-23(2)22(29)24-17-8-4-5-9-18(17)27(23)21(28)16-25-12-14-26(15-13-25)19-10-6-7-11-20(19)30-3/h4-11H,12-16H2,1-3H3,(H,24,29)/p+1. The van der Waals surface area contributed by atoms with Gasteiger partial charge in [0.25, 0.3) is 5.91 Å². The molecule has 7 heteroatoms. The molecule has 0 bridgehead atoms. The molecule has 0 radical (unpaired) electrons. The van der Waals surface area contributed by atoms with Crippen LogP contribution in [0, 0.1) is 0 Å². The van der Waals surface area contributed by atoms with Crippen LogP contribution in [-0.4, -0.2) is 57.2 Å². The highest BCUT2D eigenvalue weighted by Gasteiger charge is 2.44. The van der Waals surface area contributed by atoms with Crippen molar-refractivity contribution < 1.29 is 19.2 Å². The quantitative estimate of drug-likeness (QED) is 0.796. The molecule has 0 unspecified atom stereocenters. The summed E-state index contributed by atoms with van der Waals surface area (Å²) in [5, 5.41) is 2.92. The average Bonchev–Trinajstić information content (AvgIpc) is 2.75. The lowest BCUT2D eigenvalue weighted by Gasteiger charge is -2.42. The number of rotatable bonds is 4. The molecular formula is C23H29N4O3+. The van der Waals surface area contributed by atoms with E-state index < -0.39 is 5.54 Å². The normalized spacial score (nSPS) is 18.6. The van der Waals surface area contributed by atoms with Crippen molar-refractivity contribution in [3.8, 4) is 5.75 Å². The molecule has 0 atom stereocenters. The van der Waals surface area contributed by atoms with Crippen molar-refractivity contribution in [3.63, 3.8) is 0 Å². The summed E-state index contributed by atoms with van der Waals surface area (Å²) in [5.41, 5.74) is 1.61. The van der Waals surface area contributed by atoms with E-state index in [4.69, 9.17) is 4.74 Å². The SMILES string of the molecule is COc1ccccc1N1CC[NH+](CC(=O)N2c3ccccc3NC(=O)C2(C)C)CC1. The Kier molecular flexibility index (Phi) is 5.39. The summed E-state index contributed by atoms with van der Waals surface area (Å²) in [6.07, 6.45) is 0. The Hall–Kier alpha value is -3.06. The second kappa shape index (κ2) is 7.99. The molecule has 2 aliphatic rings. The Labute approximate surface area is 177 Å². The van der Waals surface area contributed by atoms with Gasteiger partial charge in [0.15, 0.2) is 6.54 Å². The third-order valence-corrected chi connectivity index (χ3v) is 6.05. The smallest absolute Gasteiger partial charge is 0.283 e. The third kappa shape index (κ3) is 3.61. The van der Waals surface area contributed by atoms with Crippen molar-refractivity contribution in [2.24, 2.45) is 0 Å². The van der Waals surface area contributed by atoms with Gasteiger partial charge in [-0.1, -0.05) is 24.3 Å². The van der Waals surface area contributed by atoms with Gasteiger partial charge in [-0.3, -0.25) is 14.5 Å². The Bertz CT molecular complexity index is 951. The predicted molar refractivity (Wildman–Crippen MR) is 117 cm³/mol. The maximum atomic E-state index is 13.3. The molecule has 4 rings (SSSR count). The van der Waals surface area contributed by atoms with Crippen molar-refractivity contribution in [2.75, 3.05) is 55.0 Å². The number of ether oxygens (including phenoxy) is 1. The monoisotopic (exact) mass is 409 g/mol. The molecule has 7 nitrogen and oxygen atoms in total. The van der Waals surface area contributed by atoms with Gasteiger partial charge < -0.3 is 19.9 Å². The first-order chi connectivity index (χ1) is 14.4. The number of methoxy groups -OCH3 is 1.